The van der Waals surface area contributed by atoms with Crippen LogP contribution < -0.4 is 5.43 Å². The van der Waals surface area contributed by atoms with E-state index in [1.54, 1.807) is 0 Å². The maximum atomic E-state index is 10.7. The molecule has 64 valence electrons. The summed E-state index contributed by atoms with van der Waals surface area (Å²) in [6.07, 6.45) is 0.344. The van der Waals surface area contributed by atoms with Gasteiger partial charge in [-0.05, 0) is 0 Å². The first-order valence-electron chi connectivity index (χ1n) is 3.31. The van der Waals surface area contributed by atoms with Crippen molar-refractivity contribution < 1.29 is 15.0 Å². The molecule has 6 nitrogen and oxygen atoms in total. The molecule has 0 bridgehead atoms. The van der Waals surface area contributed by atoms with Gasteiger partial charge >= 0.3 is 0 Å². The van der Waals surface area contributed by atoms with Gasteiger partial charge in [0.05, 0.1) is 0 Å². The lowest BCUT2D eigenvalue weighted by Gasteiger charge is -2.35. The van der Waals surface area contributed by atoms with Gasteiger partial charge in [-0.1, -0.05) is 0 Å². The predicted octanol–water partition coefficient (Wildman–Crippen LogP) is -2.16. The Labute approximate surface area is 64.0 Å². The van der Waals surface area contributed by atoms with E-state index in [2.05, 4.69) is 5.43 Å². The first-order chi connectivity index (χ1) is 5.27. The van der Waals surface area contributed by atoms with Gasteiger partial charge in [0.2, 0.25) is 5.91 Å². The van der Waals surface area contributed by atoms with Crippen LogP contribution in [0.15, 0.2) is 0 Å². The lowest BCUT2D eigenvalue weighted by atomic mass is 10.4. The summed E-state index contributed by atoms with van der Waals surface area (Å²) < 4.78 is 0. The van der Waals surface area contributed by atoms with E-state index in [0.29, 0.717) is 13.0 Å². The van der Waals surface area contributed by atoms with Crippen LogP contribution in [-0.4, -0.2) is 46.3 Å². The van der Waals surface area contributed by atoms with E-state index in [0.717, 1.165) is 0 Å². The summed E-state index contributed by atoms with van der Waals surface area (Å²) in [5, 5.41) is 20.0. The summed E-state index contributed by atoms with van der Waals surface area (Å²) in [6, 6.07) is 0. The molecule has 1 amide bonds. The number of hydrogen-bond donors (Lipinski definition) is 3. The van der Waals surface area contributed by atoms with Crippen LogP contribution in [0.3, 0.4) is 0 Å². The first-order valence-corrected chi connectivity index (χ1v) is 3.31. The van der Waals surface area contributed by atoms with Crippen LogP contribution in [0.25, 0.3) is 0 Å². The minimum absolute atomic E-state index is 0.149. The van der Waals surface area contributed by atoms with Crippen molar-refractivity contribution in [2.24, 2.45) is 0 Å². The zero-order chi connectivity index (χ0) is 8.27. The van der Waals surface area contributed by atoms with Crippen molar-refractivity contribution in [3.8, 4) is 0 Å². The highest BCUT2D eigenvalue weighted by molar-refractivity contribution is 5.75. The maximum absolute atomic E-state index is 10.7. The Morgan fingerprint density at radius 1 is 1.45 bits per heavy atom. The molecule has 1 heterocycles. The normalized spacial score (nSPS) is 21.8. The Morgan fingerprint density at radius 2 is 2.18 bits per heavy atom. The van der Waals surface area contributed by atoms with Gasteiger partial charge in [0.25, 0.3) is 0 Å². The van der Waals surface area contributed by atoms with Crippen molar-refractivity contribution in [2.45, 2.75) is 6.42 Å². The number of aliphatic hydroxyl groups is 2. The lowest BCUT2D eigenvalue weighted by molar-refractivity contribution is -0.183. The molecule has 0 saturated carbocycles. The Morgan fingerprint density at radius 3 is 2.73 bits per heavy atom. The van der Waals surface area contributed by atoms with E-state index in [4.69, 9.17) is 10.2 Å². The van der Waals surface area contributed by atoms with E-state index >= 15 is 0 Å². The standard InChI is InChI=1S/C5H11N3O3/c9-3-7-2-1-5(11)6-8(7)4-10/h9-10H,1-4H2,(H,6,11). The minimum atomic E-state index is -0.327. The van der Waals surface area contributed by atoms with Gasteiger partial charge in [0.15, 0.2) is 0 Å². The van der Waals surface area contributed by atoms with E-state index in [1.807, 2.05) is 0 Å². The molecule has 0 atom stereocenters. The number of nitrogens with zero attached hydrogens (tertiary/aromatic N) is 2. The first kappa shape index (κ1) is 8.41. The van der Waals surface area contributed by atoms with Gasteiger partial charge in [0.1, 0.15) is 13.5 Å². The van der Waals surface area contributed by atoms with Crippen LogP contribution in [0.5, 0.6) is 0 Å². The zero-order valence-electron chi connectivity index (χ0n) is 6.03. The molecule has 3 N–H and O–H groups in total. The minimum Gasteiger partial charge on any atom is -0.380 e. The highest BCUT2D eigenvalue weighted by Crippen LogP contribution is 2.00. The Hall–Kier alpha value is -0.690. The average Bonchev–Trinajstić information content (AvgIpc) is 2.04. The number of hydrazine groups is 2. The van der Waals surface area contributed by atoms with Crippen LogP contribution in [-0.2, 0) is 4.79 Å². The molecule has 1 rings (SSSR count). The van der Waals surface area contributed by atoms with Crippen LogP contribution in [0.1, 0.15) is 6.42 Å². The van der Waals surface area contributed by atoms with E-state index in [-0.39, 0.29) is 19.4 Å². The molecule has 11 heavy (non-hydrogen) atoms. The van der Waals surface area contributed by atoms with Crippen LogP contribution >= 0.6 is 0 Å². The Kier molecular flexibility index (Phi) is 2.77. The SMILES string of the molecule is O=C1CCN(CO)N(CO)N1. The molecular weight excluding hydrogens is 150 g/mol. The van der Waals surface area contributed by atoms with E-state index in [9.17, 15) is 4.79 Å². The van der Waals surface area contributed by atoms with Crippen molar-refractivity contribution in [1.29, 1.82) is 0 Å². The smallest absolute Gasteiger partial charge is 0.236 e. The van der Waals surface area contributed by atoms with Gasteiger partial charge < -0.3 is 10.2 Å². The van der Waals surface area contributed by atoms with Crippen molar-refractivity contribution in [2.75, 3.05) is 20.0 Å². The third-order valence-electron chi connectivity index (χ3n) is 1.49. The molecular formula is C5H11N3O3. The number of carbonyl (C=O) groups excluding carboxylic acids is 1. The molecule has 0 radical (unpaired) electrons. The molecule has 1 saturated heterocycles. The predicted molar refractivity (Wildman–Crippen MR) is 35.5 cm³/mol. The molecule has 0 aromatic carbocycles. The average molecular weight is 161 g/mol. The molecule has 0 spiro atoms. The van der Waals surface area contributed by atoms with E-state index in [1.165, 1.54) is 10.1 Å². The highest BCUT2D eigenvalue weighted by Gasteiger charge is 2.21. The molecule has 0 aromatic rings. The fourth-order valence-corrected chi connectivity index (χ4v) is 0.894. The summed E-state index contributed by atoms with van der Waals surface area (Å²) in [6.45, 7) is -0.101. The second-order valence-electron chi connectivity index (χ2n) is 2.20. The summed E-state index contributed by atoms with van der Waals surface area (Å²) in [7, 11) is 0. The molecule has 6 heteroatoms. The van der Waals surface area contributed by atoms with Gasteiger partial charge in [-0.3, -0.25) is 10.2 Å². The molecule has 0 unspecified atom stereocenters. The third kappa shape index (κ3) is 1.87. The topological polar surface area (TPSA) is 76.0 Å². The number of aliphatic hydroxyl groups excluding tert-OH is 2. The van der Waals surface area contributed by atoms with Crippen molar-refractivity contribution >= 4 is 5.91 Å². The van der Waals surface area contributed by atoms with Gasteiger partial charge in [-0.2, -0.15) is 5.01 Å². The number of carbonyl (C=O) groups is 1. The van der Waals surface area contributed by atoms with Gasteiger partial charge in [-0.25, -0.2) is 0 Å². The second kappa shape index (κ2) is 3.63. The fourth-order valence-electron chi connectivity index (χ4n) is 0.894. The third-order valence-corrected chi connectivity index (χ3v) is 1.49. The maximum Gasteiger partial charge on any atom is 0.236 e. The Balaban J connectivity index is 2.48. The van der Waals surface area contributed by atoms with Crippen LogP contribution in [0, 0.1) is 0 Å². The van der Waals surface area contributed by atoms with Crippen LogP contribution in [0.2, 0.25) is 0 Å². The zero-order valence-corrected chi connectivity index (χ0v) is 6.03. The Bertz CT molecular complexity index is 152. The molecule has 0 aliphatic carbocycles. The molecule has 1 aliphatic heterocycles. The number of rotatable bonds is 2. The number of nitrogens with one attached hydrogen (secondary N) is 1. The van der Waals surface area contributed by atoms with Gasteiger partial charge in [0, 0.05) is 13.0 Å². The summed E-state index contributed by atoms with van der Waals surface area (Å²) in [4.78, 5) is 10.7. The van der Waals surface area contributed by atoms with E-state index < -0.39 is 0 Å². The van der Waals surface area contributed by atoms with Crippen LogP contribution in [0.4, 0.5) is 0 Å². The summed E-state index contributed by atoms with van der Waals surface area (Å²) in [5.41, 5.74) is 2.38. The molecule has 1 fully saturated rings. The van der Waals surface area contributed by atoms with Crippen molar-refractivity contribution in [3.05, 3.63) is 0 Å². The number of amides is 1. The van der Waals surface area contributed by atoms with Crippen molar-refractivity contribution in [1.82, 2.24) is 15.6 Å². The highest BCUT2D eigenvalue weighted by atomic mass is 16.3. The summed E-state index contributed by atoms with van der Waals surface area (Å²) >= 11 is 0. The lowest BCUT2D eigenvalue weighted by Crippen LogP contribution is -2.58. The summed E-state index contributed by atoms with van der Waals surface area (Å²) in [5.74, 6) is -0.149. The second-order valence-corrected chi connectivity index (χ2v) is 2.20. The molecule has 0 aromatic heterocycles. The van der Waals surface area contributed by atoms with Gasteiger partial charge in [-0.15, -0.1) is 5.12 Å². The largest absolute Gasteiger partial charge is 0.380 e. The quantitative estimate of drug-likeness (QED) is 0.430. The number of hydrogen-bond acceptors (Lipinski definition) is 5. The fraction of sp³-hybridized carbons (Fsp3) is 0.800. The monoisotopic (exact) mass is 161 g/mol. The molecule has 1 aliphatic rings. The van der Waals surface area contributed by atoms with Crippen molar-refractivity contribution in [3.63, 3.8) is 0 Å².